The zero-order valence-electron chi connectivity index (χ0n) is 18.2. The van der Waals surface area contributed by atoms with E-state index < -0.39 is 33.6 Å². The zero-order valence-corrected chi connectivity index (χ0v) is 19.0. The molecule has 180 valence electrons. The molecular formula is C21H24F4N4O3S. The Balaban J connectivity index is 2.11. The lowest BCUT2D eigenvalue weighted by molar-refractivity contribution is -0.141. The van der Waals surface area contributed by atoms with Crippen molar-refractivity contribution in [3.63, 3.8) is 0 Å². The summed E-state index contributed by atoms with van der Waals surface area (Å²) in [7, 11) is -2.02. The number of anilines is 2. The van der Waals surface area contributed by atoms with E-state index in [0.29, 0.717) is 24.1 Å². The number of alkyl halides is 3. The molecule has 2 rings (SSSR count). The molecule has 33 heavy (non-hydrogen) atoms. The third-order valence-corrected chi connectivity index (χ3v) is 4.92. The largest absolute Gasteiger partial charge is 0.433 e. The maximum Gasteiger partial charge on any atom is 0.433 e. The molecule has 7 nitrogen and oxygen atoms in total. The van der Waals surface area contributed by atoms with Crippen LogP contribution in [0.3, 0.4) is 0 Å². The average molecular weight is 489 g/mol. The van der Waals surface area contributed by atoms with Gasteiger partial charge in [0.2, 0.25) is 15.9 Å². The van der Waals surface area contributed by atoms with Crippen LogP contribution < -0.4 is 14.9 Å². The molecule has 1 heterocycles. The van der Waals surface area contributed by atoms with Gasteiger partial charge in [-0.15, -0.1) is 0 Å². The number of aromatic nitrogens is 1. The number of hydrogen-bond donors (Lipinski definition) is 2. The second kappa shape index (κ2) is 10.6. The Hall–Kier alpha value is -3.15. The van der Waals surface area contributed by atoms with Crippen LogP contribution in [0.15, 0.2) is 36.4 Å². The Bertz CT molecular complexity index is 1130. The molecule has 0 radical (unpaired) electrons. The van der Waals surface area contributed by atoms with Crippen molar-refractivity contribution in [1.82, 2.24) is 10.3 Å². The number of nitrogens with zero attached hydrogens (tertiary/aromatic N) is 2. The van der Waals surface area contributed by atoms with Crippen molar-refractivity contribution < 1.29 is 30.8 Å². The van der Waals surface area contributed by atoms with E-state index in [4.69, 9.17) is 0 Å². The number of halogens is 4. The second-order valence-corrected chi connectivity index (χ2v) is 9.02. The molecule has 1 amide bonds. The van der Waals surface area contributed by atoms with E-state index in [1.54, 1.807) is 11.9 Å². The van der Waals surface area contributed by atoms with E-state index in [1.165, 1.54) is 24.3 Å². The number of pyridine rings is 1. The van der Waals surface area contributed by atoms with Crippen molar-refractivity contribution in [2.45, 2.75) is 26.1 Å². The van der Waals surface area contributed by atoms with E-state index in [2.05, 4.69) is 10.3 Å². The van der Waals surface area contributed by atoms with Crippen LogP contribution in [0.5, 0.6) is 0 Å². The Morgan fingerprint density at radius 2 is 1.91 bits per heavy atom. The SMILES string of the molecule is CCCN(C)c1nc(C(F)(F)F)ccc1C=CC(=O)NCc1ccc(NS(C)(=O)=O)c(F)c1. The average Bonchev–Trinajstić information content (AvgIpc) is 2.71. The third-order valence-electron chi connectivity index (χ3n) is 4.33. The standard InChI is InChI=1S/C21H24F4N4O3S/c1-4-11-29(2)20-15(6-9-18(27-20)21(23,24)25)7-10-19(30)26-13-14-5-8-17(16(22)12-14)28-33(3,31)32/h5-10,12,28H,4,11,13H2,1-3H3,(H,26,30). The molecule has 1 aromatic carbocycles. The number of sulfonamides is 1. The molecule has 0 atom stereocenters. The van der Waals surface area contributed by atoms with Gasteiger partial charge in [-0.05, 0) is 42.3 Å². The lowest BCUT2D eigenvalue weighted by Gasteiger charge is -2.21. The van der Waals surface area contributed by atoms with Crippen LogP contribution >= 0.6 is 0 Å². The zero-order chi connectivity index (χ0) is 24.8. The number of benzene rings is 1. The van der Waals surface area contributed by atoms with Crippen molar-refractivity contribution in [1.29, 1.82) is 0 Å². The Labute approximate surface area is 189 Å². The van der Waals surface area contributed by atoms with E-state index in [9.17, 15) is 30.8 Å². The fraction of sp³-hybridized carbons (Fsp3) is 0.333. The highest BCUT2D eigenvalue weighted by molar-refractivity contribution is 7.92. The number of hydrogen-bond acceptors (Lipinski definition) is 5. The molecule has 0 saturated heterocycles. The van der Waals surface area contributed by atoms with Crippen LogP contribution in [-0.2, 0) is 27.5 Å². The Morgan fingerprint density at radius 1 is 1.21 bits per heavy atom. The Morgan fingerprint density at radius 3 is 2.48 bits per heavy atom. The molecule has 0 unspecified atom stereocenters. The van der Waals surface area contributed by atoms with Crippen molar-refractivity contribution in [3.05, 3.63) is 59.0 Å². The summed E-state index contributed by atoms with van der Waals surface area (Å²) >= 11 is 0. The van der Waals surface area contributed by atoms with Gasteiger partial charge in [0.25, 0.3) is 0 Å². The minimum Gasteiger partial charge on any atom is -0.359 e. The first-order chi connectivity index (χ1) is 15.3. The number of rotatable bonds is 9. The van der Waals surface area contributed by atoms with Gasteiger partial charge in [0, 0.05) is 31.8 Å². The van der Waals surface area contributed by atoms with Crippen LogP contribution in [0.4, 0.5) is 29.1 Å². The third kappa shape index (κ3) is 8.04. The van der Waals surface area contributed by atoms with Crippen LogP contribution in [0.2, 0.25) is 0 Å². The van der Waals surface area contributed by atoms with Crippen molar-refractivity contribution in [2.75, 3.05) is 29.5 Å². The normalized spacial score (nSPS) is 12.1. The van der Waals surface area contributed by atoms with Gasteiger partial charge in [0.1, 0.15) is 17.3 Å². The summed E-state index contributed by atoms with van der Waals surface area (Å²) < 4.78 is 77.6. The molecule has 1 aromatic heterocycles. The van der Waals surface area contributed by atoms with Gasteiger partial charge in [-0.3, -0.25) is 9.52 Å². The topological polar surface area (TPSA) is 91.4 Å². The fourth-order valence-corrected chi connectivity index (χ4v) is 3.42. The van der Waals surface area contributed by atoms with Gasteiger partial charge in [0.05, 0.1) is 11.9 Å². The molecule has 0 aliphatic heterocycles. The monoisotopic (exact) mass is 488 g/mol. The molecule has 0 saturated carbocycles. The second-order valence-electron chi connectivity index (χ2n) is 7.27. The molecule has 2 N–H and O–H groups in total. The van der Waals surface area contributed by atoms with Crippen LogP contribution in [-0.4, -0.2) is 39.2 Å². The van der Waals surface area contributed by atoms with E-state index in [-0.39, 0.29) is 18.1 Å². The first-order valence-electron chi connectivity index (χ1n) is 9.81. The van der Waals surface area contributed by atoms with Gasteiger partial charge >= 0.3 is 6.18 Å². The fourth-order valence-electron chi connectivity index (χ4n) is 2.86. The van der Waals surface area contributed by atoms with Crippen LogP contribution in [0.1, 0.15) is 30.2 Å². The molecule has 0 spiro atoms. The number of nitrogens with one attached hydrogen (secondary N) is 2. The van der Waals surface area contributed by atoms with E-state index in [1.807, 2.05) is 11.6 Å². The molecule has 0 aliphatic rings. The molecule has 0 bridgehead atoms. The minimum absolute atomic E-state index is 0.0485. The predicted molar refractivity (Wildman–Crippen MR) is 119 cm³/mol. The van der Waals surface area contributed by atoms with Crippen LogP contribution in [0, 0.1) is 5.82 Å². The smallest absolute Gasteiger partial charge is 0.359 e. The minimum atomic E-state index is -4.59. The molecular weight excluding hydrogens is 464 g/mol. The highest BCUT2D eigenvalue weighted by Crippen LogP contribution is 2.30. The first kappa shape index (κ1) is 26.1. The van der Waals surface area contributed by atoms with Gasteiger partial charge < -0.3 is 10.2 Å². The van der Waals surface area contributed by atoms with Gasteiger partial charge in [0.15, 0.2) is 0 Å². The summed E-state index contributed by atoms with van der Waals surface area (Å²) in [6, 6.07) is 5.84. The lowest BCUT2D eigenvalue weighted by atomic mass is 10.2. The number of carbonyl (C=O) groups excluding carboxylic acids is 1. The summed E-state index contributed by atoms with van der Waals surface area (Å²) in [6.45, 7) is 2.30. The molecule has 0 aliphatic carbocycles. The van der Waals surface area contributed by atoms with Crippen LogP contribution in [0.25, 0.3) is 6.08 Å². The van der Waals surface area contributed by atoms with Crippen molar-refractivity contribution in [3.8, 4) is 0 Å². The van der Waals surface area contributed by atoms with Gasteiger partial charge in [-0.25, -0.2) is 17.8 Å². The molecule has 0 fully saturated rings. The summed E-state index contributed by atoms with van der Waals surface area (Å²) in [4.78, 5) is 17.4. The van der Waals surface area contributed by atoms with Gasteiger partial charge in [-0.1, -0.05) is 13.0 Å². The lowest BCUT2D eigenvalue weighted by Crippen LogP contribution is -2.22. The number of amides is 1. The first-order valence-corrected chi connectivity index (χ1v) is 11.7. The highest BCUT2D eigenvalue weighted by atomic mass is 32.2. The van der Waals surface area contributed by atoms with Gasteiger partial charge in [-0.2, -0.15) is 13.2 Å². The van der Waals surface area contributed by atoms with E-state index >= 15 is 0 Å². The number of carbonyl (C=O) groups is 1. The quantitative estimate of drug-likeness (QED) is 0.414. The maximum absolute atomic E-state index is 14.0. The Kier molecular flexibility index (Phi) is 8.42. The molecule has 2 aromatic rings. The maximum atomic E-state index is 14.0. The van der Waals surface area contributed by atoms with Crippen molar-refractivity contribution in [2.24, 2.45) is 0 Å². The highest BCUT2D eigenvalue weighted by Gasteiger charge is 2.33. The van der Waals surface area contributed by atoms with E-state index in [0.717, 1.165) is 24.5 Å². The molecule has 12 heteroatoms. The summed E-state index contributed by atoms with van der Waals surface area (Å²) in [6.07, 6.45) is -0.520. The summed E-state index contributed by atoms with van der Waals surface area (Å²) in [5.41, 5.74) is -0.534. The summed E-state index contributed by atoms with van der Waals surface area (Å²) in [5, 5.41) is 2.53. The predicted octanol–water partition coefficient (Wildman–Crippen LogP) is 3.79. The summed E-state index contributed by atoms with van der Waals surface area (Å²) in [5.74, 6) is -1.27. The van der Waals surface area contributed by atoms with Crippen molar-refractivity contribution >= 4 is 33.5 Å².